The molecule has 2 rings (SSSR count). The molecule has 1 aliphatic heterocycles. The highest BCUT2D eigenvalue weighted by Gasteiger charge is 2.21. The van der Waals surface area contributed by atoms with E-state index in [9.17, 15) is 0 Å². The summed E-state index contributed by atoms with van der Waals surface area (Å²) in [6.07, 6.45) is 6.68. The van der Waals surface area contributed by atoms with Gasteiger partial charge in [-0.05, 0) is 70.5 Å². The standard InChI is InChI=1S/C16H32N4.HI/c1-3-9-20-10-7-15(8-11-20)13-19-16(17-4-2)18-12-14-5-6-14;/h14-15H,3-13H2,1-2H3,(H2,17,18,19);1H. The predicted octanol–water partition coefficient (Wildman–Crippen LogP) is 2.69. The van der Waals surface area contributed by atoms with Crippen LogP contribution in [-0.2, 0) is 0 Å². The van der Waals surface area contributed by atoms with Gasteiger partial charge in [0.2, 0.25) is 0 Å². The number of hydrogen-bond donors (Lipinski definition) is 2. The van der Waals surface area contributed by atoms with Gasteiger partial charge in [-0.15, -0.1) is 24.0 Å². The Labute approximate surface area is 147 Å². The smallest absolute Gasteiger partial charge is 0.191 e. The third kappa shape index (κ3) is 7.68. The Hall–Kier alpha value is -0.0400. The molecular weight excluding hydrogens is 375 g/mol. The maximum atomic E-state index is 4.69. The molecule has 21 heavy (non-hydrogen) atoms. The van der Waals surface area contributed by atoms with E-state index < -0.39 is 0 Å². The van der Waals surface area contributed by atoms with Gasteiger partial charge in [0.05, 0.1) is 0 Å². The van der Waals surface area contributed by atoms with Crippen molar-refractivity contribution >= 4 is 29.9 Å². The van der Waals surface area contributed by atoms with Gasteiger partial charge < -0.3 is 15.5 Å². The second kappa shape index (κ2) is 10.6. The number of aliphatic imine (C=N–C) groups is 1. The summed E-state index contributed by atoms with van der Waals surface area (Å²) in [5.41, 5.74) is 0. The molecule has 5 heteroatoms. The van der Waals surface area contributed by atoms with Crippen LogP contribution >= 0.6 is 24.0 Å². The fraction of sp³-hybridized carbons (Fsp3) is 0.938. The van der Waals surface area contributed by atoms with Crippen LogP contribution in [-0.4, -0.2) is 50.1 Å². The first-order valence-electron chi connectivity index (χ1n) is 8.56. The van der Waals surface area contributed by atoms with Gasteiger partial charge in [-0.25, -0.2) is 0 Å². The zero-order valence-corrected chi connectivity index (χ0v) is 16.1. The van der Waals surface area contributed by atoms with Gasteiger partial charge in [0.1, 0.15) is 0 Å². The molecule has 2 N–H and O–H groups in total. The van der Waals surface area contributed by atoms with Crippen molar-refractivity contribution in [2.45, 2.75) is 46.0 Å². The number of likely N-dealkylation sites (tertiary alicyclic amines) is 1. The molecule has 124 valence electrons. The van der Waals surface area contributed by atoms with Crippen LogP contribution in [0.3, 0.4) is 0 Å². The Morgan fingerprint density at radius 3 is 2.33 bits per heavy atom. The lowest BCUT2D eigenvalue weighted by molar-refractivity contribution is 0.185. The van der Waals surface area contributed by atoms with Crippen molar-refractivity contribution in [1.82, 2.24) is 15.5 Å². The predicted molar refractivity (Wildman–Crippen MR) is 102 cm³/mol. The van der Waals surface area contributed by atoms with Crippen molar-refractivity contribution in [2.24, 2.45) is 16.8 Å². The van der Waals surface area contributed by atoms with Crippen LogP contribution < -0.4 is 10.6 Å². The molecule has 0 atom stereocenters. The molecule has 0 aromatic carbocycles. The molecule has 0 radical (unpaired) electrons. The summed E-state index contributed by atoms with van der Waals surface area (Å²) in [6, 6.07) is 0. The normalized spacial score (nSPS) is 21.0. The summed E-state index contributed by atoms with van der Waals surface area (Å²) in [4.78, 5) is 7.29. The van der Waals surface area contributed by atoms with Gasteiger partial charge in [0.15, 0.2) is 5.96 Å². The summed E-state index contributed by atoms with van der Waals surface area (Å²) >= 11 is 0. The fourth-order valence-corrected chi connectivity index (χ4v) is 2.83. The quantitative estimate of drug-likeness (QED) is 0.387. The first-order valence-corrected chi connectivity index (χ1v) is 8.56. The second-order valence-corrected chi connectivity index (χ2v) is 6.33. The van der Waals surface area contributed by atoms with Crippen LogP contribution in [0, 0.1) is 11.8 Å². The van der Waals surface area contributed by atoms with Gasteiger partial charge >= 0.3 is 0 Å². The molecule has 0 amide bonds. The Kier molecular flexibility index (Phi) is 9.64. The molecule has 2 fully saturated rings. The molecule has 0 aromatic heterocycles. The molecule has 1 aliphatic carbocycles. The van der Waals surface area contributed by atoms with Crippen molar-refractivity contribution in [3.63, 3.8) is 0 Å². The number of piperidine rings is 1. The largest absolute Gasteiger partial charge is 0.357 e. The molecule has 1 heterocycles. The van der Waals surface area contributed by atoms with Crippen molar-refractivity contribution < 1.29 is 0 Å². The van der Waals surface area contributed by atoms with Crippen LogP contribution in [0.25, 0.3) is 0 Å². The summed E-state index contributed by atoms with van der Waals surface area (Å²) < 4.78 is 0. The molecular formula is C16H33IN4. The molecule has 0 bridgehead atoms. The minimum absolute atomic E-state index is 0. The average Bonchev–Trinajstić information content (AvgIpc) is 3.28. The first kappa shape index (κ1) is 19.0. The number of nitrogens with zero attached hydrogens (tertiary/aromatic N) is 2. The minimum Gasteiger partial charge on any atom is -0.357 e. The summed E-state index contributed by atoms with van der Waals surface area (Å²) in [6.45, 7) is 11.3. The molecule has 0 aromatic rings. The molecule has 4 nitrogen and oxygen atoms in total. The molecule has 1 saturated carbocycles. The van der Waals surface area contributed by atoms with Crippen LogP contribution in [0.15, 0.2) is 4.99 Å². The highest BCUT2D eigenvalue weighted by atomic mass is 127. The SMILES string of the molecule is CCCN1CCC(CNC(=NCC2CC2)NCC)CC1.I. The zero-order valence-electron chi connectivity index (χ0n) is 13.7. The summed E-state index contributed by atoms with van der Waals surface area (Å²) in [5.74, 6) is 2.70. The van der Waals surface area contributed by atoms with Crippen LogP contribution in [0.1, 0.15) is 46.0 Å². The second-order valence-electron chi connectivity index (χ2n) is 6.33. The molecule has 2 aliphatic rings. The molecule has 0 unspecified atom stereocenters. The maximum absolute atomic E-state index is 4.69. The van der Waals surface area contributed by atoms with Crippen LogP contribution in [0.2, 0.25) is 0 Å². The Morgan fingerprint density at radius 2 is 1.76 bits per heavy atom. The van der Waals surface area contributed by atoms with E-state index >= 15 is 0 Å². The van der Waals surface area contributed by atoms with Gasteiger partial charge in [-0.3, -0.25) is 4.99 Å². The van der Waals surface area contributed by atoms with E-state index in [2.05, 4.69) is 34.4 Å². The van der Waals surface area contributed by atoms with E-state index in [1.54, 1.807) is 0 Å². The van der Waals surface area contributed by atoms with E-state index in [-0.39, 0.29) is 24.0 Å². The topological polar surface area (TPSA) is 39.7 Å². The van der Waals surface area contributed by atoms with Gasteiger partial charge in [-0.2, -0.15) is 0 Å². The van der Waals surface area contributed by atoms with Crippen LogP contribution in [0.4, 0.5) is 0 Å². The lowest BCUT2D eigenvalue weighted by Crippen LogP contribution is -2.43. The monoisotopic (exact) mass is 408 g/mol. The highest BCUT2D eigenvalue weighted by molar-refractivity contribution is 14.0. The summed E-state index contributed by atoms with van der Waals surface area (Å²) in [5, 5.41) is 6.90. The van der Waals surface area contributed by atoms with E-state index in [0.717, 1.165) is 37.4 Å². The Balaban J connectivity index is 0.00000220. The van der Waals surface area contributed by atoms with E-state index in [0.29, 0.717) is 0 Å². The van der Waals surface area contributed by atoms with Gasteiger partial charge in [0.25, 0.3) is 0 Å². The number of rotatable bonds is 7. The number of hydrogen-bond acceptors (Lipinski definition) is 2. The highest BCUT2D eigenvalue weighted by Crippen LogP contribution is 2.28. The van der Waals surface area contributed by atoms with E-state index in [4.69, 9.17) is 0 Å². The molecule has 0 spiro atoms. The van der Waals surface area contributed by atoms with Gasteiger partial charge in [-0.1, -0.05) is 6.92 Å². The zero-order chi connectivity index (χ0) is 14.2. The van der Waals surface area contributed by atoms with E-state index in [1.807, 2.05) is 0 Å². The maximum Gasteiger partial charge on any atom is 0.191 e. The molecule has 1 saturated heterocycles. The third-order valence-electron chi connectivity index (χ3n) is 4.35. The Morgan fingerprint density at radius 1 is 1.05 bits per heavy atom. The van der Waals surface area contributed by atoms with Crippen molar-refractivity contribution in [3.05, 3.63) is 0 Å². The lowest BCUT2D eigenvalue weighted by Gasteiger charge is -2.32. The van der Waals surface area contributed by atoms with E-state index in [1.165, 1.54) is 51.7 Å². The van der Waals surface area contributed by atoms with Gasteiger partial charge in [0, 0.05) is 19.6 Å². The number of nitrogens with one attached hydrogen (secondary N) is 2. The minimum atomic E-state index is 0. The van der Waals surface area contributed by atoms with Crippen molar-refractivity contribution in [3.8, 4) is 0 Å². The fourth-order valence-electron chi connectivity index (χ4n) is 2.83. The van der Waals surface area contributed by atoms with Crippen molar-refractivity contribution in [1.29, 1.82) is 0 Å². The summed E-state index contributed by atoms with van der Waals surface area (Å²) in [7, 11) is 0. The number of guanidine groups is 1. The third-order valence-corrected chi connectivity index (χ3v) is 4.35. The lowest BCUT2D eigenvalue weighted by atomic mass is 9.97. The number of halogens is 1. The first-order chi connectivity index (χ1) is 9.81. The Bertz CT molecular complexity index is 297. The average molecular weight is 408 g/mol. The van der Waals surface area contributed by atoms with Crippen LogP contribution in [0.5, 0.6) is 0 Å². The van der Waals surface area contributed by atoms with Crippen molar-refractivity contribution in [2.75, 3.05) is 39.3 Å².